The lowest BCUT2D eigenvalue weighted by molar-refractivity contribution is -0.146. The topological polar surface area (TPSA) is 35.6 Å². The van der Waals surface area contributed by atoms with Gasteiger partial charge in [-0.15, -0.1) is 0 Å². The van der Waals surface area contributed by atoms with Crippen molar-refractivity contribution in [2.45, 2.75) is 58.9 Å². The molecule has 0 aliphatic carbocycles. The summed E-state index contributed by atoms with van der Waals surface area (Å²) in [4.78, 5) is 17.7. The van der Waals surface area contributed by atoms with Crippen molar-refractivity contribution in [3.8, 4) is 0 Å². The van der Waals surface area contributed by atoms with Gasteiger partial charge in [-0.1, -0.05) is 20.3 Å². The molecule has 2 rings (SSSR count). The van der Waals surface area contributed by atoms with Gasteiger partial charge in [-0.3, -0.25) is 9.69 Å². The Labute approximate surface area is 130 Å². The molecule has 0 aromatic heterocycles. The number of nitrogens with one attached hydrogen (secondary N) is 1. The van der Waals surface area contributed by atoms with Gasteiger partial charge in [0, 0.05) is 38.8 Å². The van der Waals surface area contributed by atoms with Gasteiger partial charge in [-0.05, 0) is 39.2 Å². The van der Waals surface area contributed by atoms with Crippen LogP contribution in [0.25, 0.3) is 0 Å². The molecule has 2 aliphatic heterocycles. The van der Waals surface area contributed by atoms with E-state index < -0.39 is 0 Å². The van der Waals surface area contributed by atoms with E-state index in [-0.39, 0.29) is 5.41 Å². The summed E-state index contributed by atoms with van der Waals surface area (Å²) in [6.07, 6.45) is 5.53. The van der Waals surface area contributed by atoms with Crippen LogP contribution in [0.1, 0.15) is 52.9 Å². The van der Waals surface area contributed by atoms with E-state index in [2.05, 4.69) is 35.9 Å². The molecule has 2 saturated heterocycles. The molecule has 2 fully saturated rings. The summed E-state index contributed by atoms with van der Waals surface area (Å²) < 4.78 is 0. The second-order valence-electron chi connectivity index (χ2n) is 6.90. The van der Waals surface area contributed by atoms with E-state index in [0.29, 0.717) is 11.9 Å². The van der Waals surface area contributed by atoms with Crippen LogP contribution in [0.15, 0.2) is 0 Å². The van der Waals surface area contributed by atoms with Gasteiger partial charge >= 0.3 is 0 Å². The highest BCUT2D eigenvalue weighted by molar-refractivity contribution is 5.83. The summed E-state index contributed by atoms with van der Waals surface area (Å²) in [6.45, 7) is 12.6. The predicted octanol–water partition coefficient (Wildman–Crippen LogP) is 2.10. The van der Waals surface area contributed by atoms with Crippen LogP contribution in [0, 0.1) is 5.41 Å². The lowest BCUT2D eigenvalue weighted by atomic mass is 9.75. The van der Waals surface area contributed by atoms with Gasteiger partial charge in [-0.25, -0.2) is 0 Å². The zero-order valence-electron chi connectivity index (χ0n) is 14.2. The molecule has 21 heavy (non-hydrogen) atoms. The average molecular weight is 295 g/mol. The maximum atomic E-state index is 13.1. The van der Waals surface area contributed by atoms with Crippen molar-refractivity contribution in [3.63, 3.8) is 0 Å². The zero-order chi connectivity index (χ0) is 15.3. The van der Waals surface area contributed by atoms with Gasteiger partial charge in [0.15, 0.2) is 0 Å². The third kappa shape index (κ3) is 3.78. The molecule has 2 atom stereocenters. The molecule has 2 aliphatic rings. The number of amides is 1. The minimum atomic E-state index is -0.120. The molecule has 1 N–H and O–H groups in total. The van der Waals surface area contributed by atoms with Gasteiger partial charge < -0.3 is 10.2 Å². The number of hydrogen-bond acceptors (Lipinski definition) is 3. The van der Waals surface area contributed by atoms with Gasteiger partial charge in [0.25, 0.3) is 0 Å². The SMILES string of the molecule is CCCC1(C(=O)N2CCN(C(C)CC)CC2)CCCNC1. The van der Waals surface area contributed by atoms with Crippen molar-refractivity contribution in [3.05, 3.63) is 0 Å². The molecule has 0 saturated carbocycles. The Morgan fingerprint density at radius 1 is 1.24 bits per heavy atom. The number of carbonyl (C=O) groups is 1. The first-order valence-electron chi connectivity index (χ1n) is 8.87. The van der Waals surface area contributed by atoms with Crippen molar-refractivity contribution in [2.75, 3.05) is 39.3 Å². The highest BCUT2D eigenvalue weighted by atomic mass is 16.2. The van der Waals surface area contributed by atoms with Crippen molar-refractivity contribution < 1.29 is 4.79 Å². The van der Waals surface area contributed by atoms with Crippen LogP contribution in [0.5, 0.6) is 0 Å². The lowest BCUT2D eigenvalue weighted by Gasteiger charge is -2.44. The van der Waals surface area contributed by atoms with Crippen LogP contribution in [-0.4, -0.2) is 61.0 Å². The smallest absolute Gasteiger partial charge is 0.230 e. The van der Waals surface area contributed by atoms with Crippen LogP contribution in [0.2, 0.25) is 0 Å². The lowest BCUT2D eigenvalue weighted by Crippen LogP contribution is -2.57. The molecule has 0 radical (unpaired) electrons. The highest BCUT2D eigenvalue weighted by Gasteiger charge is 2.41. The fraction of sp³-hybridized carbons (Fsp3) is 0.941. The zero-order valence-corrected chi connectivity index (χ0v) is 14.2. The molecule has 1 amide bonds. The van der Waals surface area contributed by atoms with Gasteiger partial charge in [0.1, 0.15) is 0 Å². The first-order chi connectivity index (χ1) is 10.1. The van der Waals surface area contributed by atoms with E-state index in [0.717, 1.165) is 65.0 Å². The normalized spacial score (nSPS) is 29.4. The Hall–Kier alpha value is -0.610. The Morgan fingerprint density at radius 2 is 1.95 bits per heavy atom. The molecule has 122 valence electrons. The Morgan fingerprint density at radius 3 is 2.48 bits per heavy atom. The number of hydrogen-bond donors (Lipinski definition) is 1. The number of rotatable bonds is 5. The second kappa shape index (κ2) is 7.59. The largest absolute Gasteiger partial charge is 0.340 e. The van der Waals surface area contributed by atoms with E-state index in [1.54, 1.807) is 0 Å². The third-order valence-corrected chi connectivity index (χ3v) is 5.47. The van der Waals surface area contributed by atoms with Gasteiger partial charge in [-0.2, -0.15) is 0 Å². The fourth-order valence-electron chi connectivity index (χ4n) is 3.91. The molecule has 0 spiro atoms. The van der Waals surface area contributed by atoms with Crippen LogP contribution in [0.3, 0.4) is 0 Å². The van der Waals surface area contributed by atoms with Gasteiger partial charge in [0.05, 0.1) is 5.41 Å². The minimum absolute atomic E-state index is 0.120. The molecular weight excluding hydrogens is 262 g/mol. The molecule has 0 aromatic rings. The van der Waals surface area contributed by atoms with E-state index in [1.165, 1.54) is 6.42 Å². The minimum Gasteiger partial charge on any atom is -0.340 e. The van der Waals surface area contributed by atoms with Crippen molar-refractivity contribution in [1.82, 2.24) is 15.1 Å². The summed E-state index contributed by atoms with van der Waals surface area (Å²) >= 11 is 0. The fourth-order valence-corrected chi connectivity index (χ4v) is 3.91. The summed E-state index contributed by atoms with van der Waals surface area (Å²) in [7, 11) is 0. The number of nitrogens with zero attached hydrogens (tertiary/aromatic N) is 2. The molecule has 4 heteroatoms. The van der Waals surface area contributed by atoms with Crippen molar-refractivity contribution in [1.29, 1.82) is 0 Å². The number of piperazine rings is 1. The Kier molecular flexibility index (Phi) is 6.06. The second-order valence-corrected chi connectivity index (χ2v) is 6.90. The monoisotopic (exact) mass is 295 g/mol. The quantitative estimate of drug-likeness (QED) is 0.844. The standard InChI is InChI=1S/C17H33N3O/c1-4-7-17(8-6-9-18-14-17)16(21)20-12-10-19(11-13-20)15(3)5-2/h15,18H,4-14H2,1-3H3. The summed E-state index contributed by atoms with van der Waals surface area (Å²) in [5.74, 6) is 0.417. The Balaban J connectivity index is 1.96. The van der Waals surface area contributed by atoms with Crippen LogP contribution < -0.4 is 5.32 Å². The maximum absolute atomic E-state index is 13.1. The highest BCUT2D eigenvalue weighted by Crippen LogP contribution is 2.34. The molecule has 2 heterocycles. The Bertz CT molecular complexity index is 325. The number of piperidine rings is 1. The molecule has 0 aromatic carbocycles. The molecule has 4 nitrogen and oxygen atoms in total. The van der Waals surface area contributed by atoms with Crippen LogP contribution in [-0.2, 0) is 4.79 Å². The van der Waals surface area contributed by atoms with E-state index in [9.17, 15) is 4.79 Å². The summed E-state index contributed by atoms with van der Waals surface area (Å²) in [5.41, 5.74) is -0.120. The third-order valence-electron chi connectivity index (χ3n) is 5.47. The van der Waals surface area contributed by atoms with E-state index in [4.69, 9.17) is 0 Å². The van der Waals surface area contributed by atoms with E-state index in [1.807, 2.05) is 0 Å². The number of carbonyl (C=O) groups excluding carboxylic acids is 1. The maximum Gasteiger partial charge on any atom is 0.230 e. The average Bonchev–Trinajstić information content (AvgIpc) is 2.54. The van der Waals surface area contributed by atoms with E-state index >= 15 is 0 Å². The van der Waals surface area contributed by atoms with Gasteiger partial charge in [0.2, 0.25) is 5.91 Å². The van der Waals surface area contributed by atoms with Crippen LogP contribution in [0.4, 0.5) is 0 Å². The predicted molar refractivity (Wildman–Crippen MR) is 87.4 cm³/mol. The molecular formula is C17H33N3O. The summed E-state index contributed by atoms with van der Waals surface area (Å²) in [5, 5.41) is 3.46. The van der Waals surface area contributed by atoms with Crippen molar-refractivity contribution >= 4 is 5.91 Å². The van der Waals surface area contributed by atoms with Crippen LogP contribution >= 0.6 is 0 Å². The first-order valence-corrected chi connectivity index (χ1v) is 8.87. The first kappa shape index (κ1) is 16.8. The summed E-state index contributed by atoms with van der Waals surface area (Å²) in [6, 6.07) is 0.642. The molecule has 2 unspecified atom stereocenters. The molecule has 0 bridgehead atoms. The van der Waals surface area contributed by atoms with Crippen molar-refractivity contribution in [2.24, 2.45) is 5.41 Å².